The molecule has 1 fully saturated rings. The zero-order valence-electron chi connectivity index (χ0n) is 46.6. The van der Waals surface area contributed by atoms with Gasteiger partial charge in [0.2, 0.25) is 0 Å². The number of halogens is 1. The molecule has 1 aromatic heterocycles. The van der Waals surface area contributed by atoms with Gasteiger partial charge >= 0.3 is 11.7 Å². The second kappa shape index (κ2) is 41.3. The lowest BCUT2D eigenvalue weighted by Gasteiger charge is -2.19. The Morgan fingerprint density at radius 3 is 1.42 bits per heavy atom. The summed E-state index contributed by atoms with van der Waals surface area (Å²) >= 11 is 0. The van der Waals surface area contributed by atoms with Crippen molar-refractivity contribution in [1.29, 1.82) is 0 Å². The van der Waals surface area contributed by atoms with E-state index in [9.17, 15) is 29.1 Å². The number of aromatic nitrogens is 2. The number of alkyl halides is 1. The first-order chi connectivity index (χ1) is 36.1. The first-order valence-corrected chi connectivity index (χ1v) is 30.0. The molecule has 1 aromatic carbocycles. The monoisotopic (exact) mass is 1040 g/mol. The Bertz CT molecular complexity index is 1920. The van der Waals surface area contributed by atoms with Gasteiger partial charge in [0, 0.05) is 18.7 Å². The summed E-state index contributed by atoms with van der Waals surface area (Å²) in [7, 11) is 0. The van der Waals surface area contributed by atoms with Gasteiger partial charge in [-0.15, -0.1) is 0 Å². The van der Waals surface area contributed by atoms with Gasteiger partial charge < -0.3 is 28.8 Å². The third kappa shape index (κ3) is 26.3. The maximum Gasteiger partial charge on any atom is 0.340 e. The molecule has 422 valence electrons. The van der Waals surface area contributed by atoms with Gasteiger partial charge in [-0.3, -0.25) is 19.0 Å². The first kappa shape index (κ1) is 64.4. The molecule has 3 rings (SSSR count). The van der Waals surface area contributed by atoms with Crippen molar-refractivity contribution < 1.29 is 42.8 Å². The van der Waals surface area contributed by atoms with Crippen molar-refractivity contribution in [2.45, 2.75) is 289 Å². The summed E-state index contributed by atoms with van der Waals surface area (Å²) in [5, 5.41) is 9.98. The molecule has 0 saturated carbocycles. The summed E-state index contributed by atoms with van der Waals surface area (Å²) < 4.78 is 40.6. The molecule has 2 heterocycles. The van der Waals surface area contributed by atoms with Crippen LogP contribution in [0, 0.1) is 0 Å². The maximum atomic E-state index is 16.0. The lowest BCUT2D eigenvalue weighted by Crippen LogP contribution is -2.45. The SMILES string of the molecule is CCCCCCCCCCCCCCCCCCCCOc1cccc(C(=O)n2c(=O)ccn([C@@H]3O[C@H](CO)[C@H](OC(=O)CCC(C)=O)C3F)c2=O)c1OCCCCCCCCCCCCCCCCCCCC. The second-order valence-electron chi connectivity index (χ2n) is 21.2. The number of Topliss-reactive ketones (excluding diaryl/α,β-unsaturated/α-hetero) is 1. The summed E-state index contributed by atoms with van der Waals surface area (Å²) in [4.78, 5) is 65.6. The second-order valence-corrected chi connectivity index (χ2v) is 21.2. The minimum atomic E-state index is -2.16. The number of para-hydroxylation sites is 1. The lowest BCUT2D eigenvalue weighted by molar-refractivity contribution is -0.155. The zero-order chi connectivity index (χ0) is 53.4. The van der Waals surface area contributed by atoms with E-state index in [2.05, 4.69) is 13.8 Å². The van der Waals surface area contributed by atoms with Crippen molar-refractivity contribution in [1.82, 2.24) is 9.13 Å². The molecular weight excluding hydrogens is 940 g/mol. The summed E-state index contributed by atoms with van der Waals surface area (Å²) in [6, 6.07) is 5.76. The Hall–Kier alpha value is -3.84. The fourth-order valence-corrected chi connectivity index (χ4v) is 10.00. The number of esters is 1. The van der Waals surface area contributed by atoms with Gasteiger partial charge in [-0.05, 0) is 31.9 Å². The molecule has 74 heavy (non-hydrogen) atoms. The van der Waals surface area contributed by atoms with E-state index >= 15 is 4.39 Å². The Labute approximate surface area is 445 Å². The van der Waals surface area contributed by atoms with E-state index in [1.54, 1.807) is 12.1 Å². The quantitative estimate of drug-likeness (QED) is 0.0501. The number of carbonyl (C=O) groups is 3. The van der Waals surface area contributed by atoms with Crippen LogP contribution < -0.4 is 20.7 Å². The van der Waals surface area contributed by atoms with Crippen LogP contribution in [0.25, 0.3) is 0 Å². The summed E-state index contributed by atoms with van der Waals surface area (Å²) in [5.41, 5.74) is -2.19. The van der Waals surface area contributed by atoms with Crippen LogP contribution in [0.4, 0.5) is 4.39 Å². The number of unbranched alkanes of at least 4 members (excludes halogenated alkanes) is 34. The van der Waals surface area contributed by atoms with Gasteiger partial charge in [0.05, 0.1) is 31.8 Å². The third-order valence-electron chi connectivity index (χ3n) is 14.6. The highest BCUT2D eigenvalue weighted by molar-refractivity contribution is 5.99. The lowest BCUT2D eigenvalue weighted by atomic mass is 10.0. The smallest absolute Gasteiger partial charge is 0.340 e. The van der Waals surface area contributed by atoms with E-state index in [0.717, 1.165) is 61.8 Å². The number of ketones is 1. The topological polar surface area (TPSA) is 152 Å². The molecule has 1 saturated heterocycles. The van der Waals surface area contributed by atoms with Crippen LogP contribution in [-0.4, -0.2) is 70.1 Å². The molecule has 1 unspecified atom stereocenters. The average molecular weight is 1040 g/mol. The number of benzene rings is 1. The number of aliphatic hydroxyl groups is 1. The van der Waals surface area contributed by atoms with Crippen molar-refractivity contribution in [3.05, 3.63) is 56.9 Å². The van der Waals surface area contributed by atoms with Crippen LogP contribution in [0.2, 0.25) is 0 Å². The van der Waals surface area contributed by atoms with Crippen molar-refractivity contribution >= 4 is 17.7 Å². The van der Waals surface area contributed by atoms with Crippen LogP contribution in [0.5, 0.6) is 11.5 Å². The Balaban J connectivity index is 1.54. The van der Waals surface area contributed by atoms with Gasteiger partial charge in [0.25, 0.3) is 11.5 Å². The van der Waals surface area contributed by atoms with E-state index in [1.807, 2.05) is 0 Å². The minimum absolute atomic E-state index is 0.0608. The van der Waals surface area contributed by atoms with Crippen molar-refractivity contribution in [2.24, 2.45) is 0 Å². The van der Waals surface area contributed by atoms with Crippen molar-refractivity contribution in [3.63, 3.8) is 0 Å². The zero-order valence-corrected chi connectivity index (χ0v) is 46.6. The first-order valence-electron chi connectivity index (χ1n) is 30.0. The number of carbonyl (C=O) groups excluding carboxylic acids is 3. The average Bonchev–Trinajstić information content (AvgIpc) is 3.70. The van der Waals surface area contributed by atoms with Gasteiger partial charge in [-0.25, -0.2) is 9.18 Å². The fourth-order valence-electron chi connectivity index (χ4n) is 10.00. The fraction of sp³-hybridized carbons (Fsp3) is 0.787. The third-order valence-corrected chi connectivity index (χ3v) is 14.6. The highest BCUT2D eigenvalue weighted by Crippen LogP contribution is 2.35. The molecule has 12 nitrogen and oxygen atoms in total. The largest absolute Gasteiger partial charge is 0.490 e. The van der Waals surface area contributed by atoms with E-state index in [4.69, 9.17) is 18.9 Å². The molecule has 4 atom stereocenters. The van der Waals surface area contributed by atoms with E-state index in [1.165, 1.54) is 199 Å². The Morgan fingerprint density at radius 1 is 0.581 bits per heavy atom. The van der Waals surface area contributed by atoms with Crippen LogP contribution in [0.3, 0.4) is 0 Å². The van der Waals surface area contributed by atoms with E-state index in [0.29, 0.717) is 23.5 Å². The maximum absolute atomic E-state index is 16.0. The van der Waals surface area contributed by atoms with Gasteiger partial charge in [-0.1, -0.05) is 238 Å². The molecule has 0 spiro atoms. The molecule has 0 radical (unpaired) electrons. The number of ether oxygens (including phenoxy) is 4. The van der Waals surface area contributed by atoms with Gasteiger partial charge in [-0.2, -0.15) is 4.57 Å². The summed E-state index contributed by atoms with van der Waals surface area (Å²) in [6.45, 7) is 5.78. The molecule has 13 heteroatoms. The van der Waals surface area contributed by atoms with Crippen LogP contribution >= 0.6 is 0 Å². The standard InChI is InChI=1S/C61H101FN2O10/c1-4-6-8-10-12-14-16-18-20-22-24-26-28-30-32-34-36-38-47-71-52-42-40-41-51(57(52)72-48-39-37-35-33-31-29-27-25-23-21-19-17-15-13-11-9-7-5-2)59(69)64-54(67)45-46-63(61(64)70)60-56(62)58(53(49-65)73-60)74-55(68)44-43-50(3)66/h40-42,45-46,53,56,58,60,65H,4-39,43-44,47-49H2,1-3H3/t53-,56?,58+,60-/m1/s1. The molecule has 0 bridgehead atoms. The normalized spacial score (nSPS) is 16.4. The Kier molecular flexibility index (Phi) is 36.0. The number of rotatable bonds is 47. The van der Waals surface area contributed by atoms with Crippen molar-refractivity contribution in [3.8, 4) is 11.5 Å². The minimum Gasteiger partial charge on any atom is -0.490 e. The highest BCUT2D eigenvalue weighted by atomic mass is 19.1. The van der Waals surface area contributed by atoms with Crippen molar-refractivity contribution in [2.75, 3.05) is 19.8 Å². The highest BCUT2D eigenvalue weighted by Gasteiger charge is 2.49. The van der Waals surface area contributed by atoms with E-state index in [-0.39, 0.29) is 29.9 Å². The molecule has 0 aliphatic carbocycles. The van der Waals surface area contributed by atoms with Gasteiger partial charge in [0.15, 0.2) is 30.0 Å². The molecule has 1 aliphatic heterocycles. The predicted octanol–water partition coefficient (Wildman–Crippen LogP) is 15.0. The van der Waals surface area contributed by atoms with Crippen LogP contribution in [-0.2, 0) is 19.1 Å². The van der Waals surface area contributed by atoms with Gasteiger partial charge in [0.1, 0.15) is 11.9 Å². The van der Waals surface area contributed by atoms with E-state index < -0.39 is 54.3 Å². The number of hydrogen-bond donors (Lipinski definition) is 1. The Morgan fingerprint density at radius 2 is 1.00 bits per heavy atom. The molecule has 2 aromatic rings. The molecular formula is C61H101FN2O10. The predicted molar refractivity (Wildman–Crippen MR) is 295 cm³/mol. The summed E-state index contributed by atoms with van der Waals surface area (Å²) in [6.07, 6.45) is 39.3. The summed E-state index contributed by atoms with van der Waals surface area (Å²) in [5.74, 6) is -1.65. The molecule has 1 N–H and O–H groups in total. The molecule has 1 aliphatic rings. The van der Waals surface area contributed by atoms with Crippen LogP contribution in [0.1, 0.15) is 281 Å². The van der Waals surface area contributed by atoms with Crippen LogP contribution in [0.15, 0.2) is 40.1 Å². The molecule has 0 amide bonds. The number of hydrogen-bond acceptors (Lipinski definition) is 10. The number of aliphatic hydroxyl groups excluding tert-OH is 1. The number of nitrogens with zero attached hydrogens (tertiary/aromatic N) is 2.